The highest BCUT2D eigenvalue weighted by Gasteiger charge is 2.21. The number of carboxylic acids is 1. The fourth-order valence-corrected chi connectivity index (χ4v) is 2.42. The lowest BCUT2D eigenvalue weighted by molar-refractivity contribution is 0.0695. The van der Waals surface area contributed by atoms with Gasteiger partial charge in [-0.25, -0.2) is 4.79 Å². The summed E-state index contributed by atoms with van der Waals surface area (Å²) in [6, 6.07) is 19.4. The van der Waals surface area contributed by atoms with Crippen LogP contribution in [0, 0.1) is 0 Å². The number of nitrogens with two attached hydrogens (primary N) is 2. The Bertz CT molecular complexity index is 875. The minimum atomic E-state index is -1.14. The summed E-state index contributed by atoms with van der Waals surface area (Å²) in [6.07, 6.45) is 0. The lowest BCUT2D eigenvalue weighted by Gasteiger charge is -2.16. The number of para-hydroxylation sites is 1. The van der Waals surface area contributed by atoms with Gasteiger partial charge in [-0.05, 0) is 42.0 Å². The third-order valence-corrected chi connectivity index (χ3v) is 3.59. The zero-order valence-corrected chi connectivity index (χ0v) is 12.8. The number of carboxylic acid groups (broad SMARTS) is 1. The van der Waals surface area contributed by atoms with E-state index >= 15 is 0 Å². The topological polar surface area (TPSA) is 98.6 Å². The van der Waals surface area contributed by atoms with Gasteiger partial charge in [0.1, 0.15) is 11.3 Å². The molecule has 0 fully saturated rings. The molecule has 0 atom stereocenters. The monoisotopic (exact) mass is 320 g/mol. The molecule has 0 unspecified atom stereocenters. The molecule has 5 N–H and O–H groups in total. The summed E-state index contributed by atoms with van der Waals surface area (Å²) in [6.45, 7) is 0. The Morgan fingerprint density at radius 3 is 2.17 bits per heavy atom. The van der Waals surface area contributed by atoms with Crippen LogP contribution >= 0.6 is 0 Å². The van der Waals surface area contributed by atoms with Gasteiger partial charge in [-0.2, -0.15) is 0 Å². The van der Waals surface area contributed by atoms with Crippen LogP contribution in [-0.2, 0) is 0 Å². The molecule has 3 rings (SSSR count). The molecule has 0 aliphatic rings. The molecule has 0 aliphatic heterocycles. The Balaban J connectivity index is 2.19. The lowest BCUT2D eigenvalue weighted by Crippen LogP contribution is -2.06. The van der Waals surface area contributed by atoms with Crippen LogP contribution < -0.4 is 16.2 Å². The maximum Gasteiger partial charge on any atom is 0.341 e. The van der Waals surface area contributed by atoms with E-state index in [0.717, 1.165) is 5.56 Å². The molecular weight excluding hydrogens is 304 g/mol. The second-order valence-corrected chi connectivity index (χ2v) is 5.25. The predicted molar refractivity (Wildman–Crippen MR) is 94.2 cm³/mol. The van der Waals surface area contributed by atoms with Gasteiger partial charge in [0.05, 0.1) is 0 Å². The van der Waals surface area contributed by atoms with Crippen LogP contribution in [0.15, 0.2) is 66.7 Å². The highest BCUT2D eigenvalue weighted by molar-refractivity contribution is 6.00. The van der Waals surface area contributed by atoms with Crippen molar-refractivity contribution in [1.82, 2.24) is 0 Å². The molecule has 0 bridgehead atoms. The van der Waals surface area contributed by atoms with Crippen LogP contribution in [0.1, 0.15) is 10.4 Å². The summed E-state index contributed by atoms with van der Waals surface area (Å²) in [7, 11) is 0. The summed E-state index contributed by atoms with van der Waals surface area (Å²) in [5.41, 5.74) is 13.7. The second kappa shape index (κ2) is 6.34. The van der Waals surface area contributed by atoms with E-state index in [0.29, 0.717) is 17.0 Å². The zero-order chi connectivity index (χ0) is 17.1. The summed E-state index contributed by atoms with van der Waals surface area (Å²) < 4.78 is 5.88. The maximum atomic E-state index is 11.7. The molecular formula is C19H16N2O3. The van der Waals surface area contributed by atoms with Gasteiger partial charge >= 0.3 is 5.97 Å². The summed E-state index contributed by atoms with van der Waals surface area (Å²) in [5, 5.41) is 9.56. The number of nitrogen functional groups attached to an aromatic ring is 2. The number of ether oxygens (including phenoxy) is 1. The van der Waals surface area contributed by atoms with Crippen molar-refractivity contribution in [3.05, 3.63) is 72.3 Å². The van der Waals surface area contributed by atoms with E-state index in [1.165, 1.54) is 0 Å². The van der Waals surface area contributed by atoms with Crippen molar-refractivity contribution >= 4 is 17.3 Å². The van der Waals surface area contributed by atoms with Crippen molar-refractivity contribution in [3.63, 3.8) is 0 Å². The Morgan fingerprint density at radius 2 is 1.54 bits per heavy atom. The number of rotatable bonds is 4. The van der Waals surface area contributed by atoms with E-state index < -0.39 is 5.97 Å². The Labute approximate surface area is 139 Å². The van der Waals surface area contributed by atoms with Crippen LogP contribution in [0.5, 0.6) is 11.5 Å². The molecule has 0 amide bonds. The number of hydrogen-bond donors (Lipinski definition) is 3. The lowest BCUT2D eigenvalue weighted by atomic mass is 9.99. The molecule has 3 aromatic rings. The van der Waals surface area contributed by atoms with Crippen molar-refractivity contribution in [2.24, 2.45) is 0 Å². The smallest absolute Gasteiger partial charge is 0.341 e. The molecule has 0 saturated heterocycles. The Hall–Kier alpha value is -3.47. The van der Waals surface area contributed by atoms with Gasteiger partial charge in [0.25, 0.3) is 0 Å². The summed E-state index contributed by atoms with van der Waals surface area (Å²) in [5.74, 6) is -0.406. The van der Waals surface area contributed by atoms with Crippen LogP contribution in [-0.4, -0.2) is 11.1 Å². The number of aromatic carboxylic acids is 1. The Kier molecular flexibility index (Phi) is 4.07. The quantitative estimate of drug-likeness (QED) is 0.631. The molecule has 120 valence electrons. The number of benzene rings is 3. The number of carbonyl (C=O) groups is 1. The number of anilines is 2. The van der Waals surface area contributed by atoms with Gasteiger partial charge in [0.2, 0.25) is 0 Å². The third-order valence-electron chi connectivity index (χ3n) is 3.59. The summed E-state index contributed by atoms with van der Waals surface area (Å²) in [4.78, 5) is 11.7. The summed E-state index contributed by atoms with van der Waals surface area (Å²) >= 11 is 0. The first kappa shape index (κ1) is 15.4. The molecule has 0 heterocycles. The first-order chi connectivity index (χ1) is 11.6. The highest BCUT2D eigenvalue weighted by atomic mass is 16.5. The van der Waals surface area contributed by atoms with E-state index in [9.17, 15) is 9.90 Å². The van der Waals surface area contributed by atoms with E-state index in [4.69, 9.17) is 16.2 Å². The molecule has 5 nitrogen and oxygen atoms in total. The average Bonchev–Trinajstić information content (AvgIpc) is 2.57. The van der Waals surface area contributed by atoms with Gasteiger partial charge in [-0.3, -0.25) is 0 Å². The van der Waals surface area contributed by atoms with E-state index in [2.05, 4.69) is 0 Å². The molecule has 5 heteroatoms. The van der Waals surface area contributed by atoms with Crippen molar-refractivity contribution in [1.29, 1.82) is 0 Å². The largest absolute Gasteiger partial charge is 0.477 e. The fourth-order valence-electron chi connectivity index (χ4n) is 2.42. The molecule has 0 saturated carbocycles. The molecule has 24 heavy (non-hydrogen) atoms. The van der Waals surface area contributed by atoms with E-state index in [1.54, 1.807) is 36.4 Å². The maximum absolute atomic E-state index is 11.7. The SMILES string of the molecule is Nc1ccc(-c2ccc(N)c(C(=O)O)c2Oc2ccccc2)cc1. The average molecular weight is 320 g/mol. The van der Waals surface area contributed by atoms with Crippen molar-refractivity contribution in [3.8, 4) is 22.6 Å². The minimum Gasteiger partial charge on any atom is -0.477 e. The third kappa shape index (κ3) is 3.01. The van der Waals surface area contributed by atoms with Gasteiger partial charge in [0, 0.05) is 16.9 Å². The fraction of sp³-hybridized carbons (Fsp3) is 0. The predicted octanol–water partition coefficient (Wildman–Crippen LogP) is 4.01. The first-order valence-electron chi connectivity index (χ1n) is 7.31. The number of hydrogen-bond acceptors (Lipinski definition) is 4. The minimum absolute atomic E-state index is 0.0619. The standard InChI is InChI=1S/C19H16N2O3/c20-13-8-6-12(7-9-13)15-10-11-16(21)17(19(22)23)18(15)24-14-4-2-1-3-5-14/h1-11H,20-21H2,(H,22,23). The van der Waals surface area contributed by atoms with E-state index in [-0.39, 0.29) is 17.0 Å². The van der Waals surface area contributed by atoms with Gasteiger partial charge in [0.15, 0.2) is 5.75 Å². The van der Waals surface area contributed by atoms with Crippen LogP contribution in [0.25, 0.3) is 11.1 Å². The molecule has 3 aromatic carbocycles. The van der Waals surface area contributed by atoms with Crippen LogP contribution in [0.3, 0.4) is 0 Å². The van der Waals surface area contributed by atoms with Crippen LogP contribution in [0.2, 0.25) is 0 Å². The van der Waals surface area contributed by atoms with Gasteiger partial charge in [-0.15, -0.1) is 0 Å². The second-order valence-electron chi connectivity index (χ2n) is 5.25. The van der Waals surface area contributed by atoms with Crippen molar-refractivity contribution < 1.29 is 14.6 Å². The molecule has 0 aliphatic carbocycles. The van der Waals surface area contributed by atoms with Gasteiger partial charge < -0.3 is 21.3 Å². The van der Waals surface area contributed by atoms with Crippen molar-refractivity contribution in [2.75, 3.05) is 11.5 Å². The molecule has 0 radical (unpaired) electrons. The molecule has 0 aromatic heterocycles. The normalized spacial score (nSPS) is 10.3. The van der Waals surface area contributed by atoms with Crippen molar-refractivity contribution in [2.45, 2.75) is 0 Å². The molecule has 0 spiro atoms. The first-order valence-corrected chi connectivity index (χ1v) is 7.31. The van der Waals surface area contributed by atoms with Crippen LogP contribution in [0.4, 0.5) is 11.4 Å². The Morgan fingerprint density at radius 1 is 0.875 bits per heavy atom. The zero-order valence-electron chi connectivity index (χ0n) is 12.8. The highest BCUT2D eigenvalue weighted by Crippen LogP contribution is 2.39. The van der Waals surface area contributed by atoms with Gasteiger partial charge in [-0.1, -0.05) is 30.3 Å². The van der Waals surface area contributed by atoms with E-state index in [1.807, 2.05) is 30.3 Å².